The smallest absolute Gasteiger partial charge is 0.387 e. The lowest BCUT2D eigenvalue weighted by Crippen LogP contribution is -2.30. The van der Waals surface area contributed by atoms with Crippen LogP contribution in [0.4, 0.5) is 14.5 Å². The van der Waals surface area contributed by atoms with E-state index in [1.807, 2.05) is 18.2 Å². The Bertz CT molecular complexity index is 877. The molecular weight excluding hydrogens is 396 g/mol. The van der Waals surface area contributed by atoms with Crippen molar-refractivity contribution < 1.29 is 27.7 Å². The van der Waals surface area contributed by atoms with E-state index in [2.05, 4.69) is 20.4 Å². The Hall–Kier alpha value is -3.23. The zero-order chi connectivity index (χ0) is 21.3. The topological polar surface area (TPSA) is 73.3 Å². The number of alkyl halides is 2. The molecule has 0 amide bonds. The third-order valence-electron chi connectivity index (χ3n) is 4.22. The Labute approximate surface area is 174 Å². The molecule has 0 unspecified atom stereocenters. The summed E-state index contributed by atoms with van der Waals surface area (Å²) in [6.07, 6.45) is 0.839. The van der Waals surface area contributed by atoms with Gasteiger partial charge in [0, 0.05) is 31.8 Å². The van der Waals surface area contributed by atoms with Gasteiger partial charge in [0.05, 0.1) is 19.8 Å². The van der Waals surface area contributed by atoms with Crippen LogP contribution in [0.3, 0.4) is 0 Å². The summed E-state index contributed by atoms with van der Waals surface area (Å²) in [4.78, 5) is 4.21. The molecule has 0 atom stereocenters. The molecule has 2 N–H and O–H groups in total. The Kier molecular flexibility index (Phi) is 7.53. The molecule has 2 aromatic carbocycles. The first-order chi connectivity index (χ1) is 14.6. The molecule has 3 rings (SSSR count). The molecule has 0 fully saturated rings. The van der Waals surface area contributed by atoms with Gasteiger partial charge >= 0.3 is 6.61 Å². The summed E-state index contributed by atoms with van der Waals surface area (Å²) in [6.45, 7) is 0.845. The normalized spacial score (nSPS) is 13.6. The van der Waals surface area contributed by atoms with E-state index >= 15 is 0 Å². The standard InChI is InChI=1S/C21H25F2N3O4/c1-3-27-18-11-14(5-7-17(18)30-20(22)23)13-25-21(24-2)26-15-6-8-16-19(12-15)29-10-4-9-28-16/h5-8,11-12,20H,3-4,9-10,13H2,1-2H3,(H2,24,25,26). The number of hydrogen-bond acceptors (Lipinski definition) is 5. The quantitative estimate of drug-likeness (QED) is 0.519. The Balaban J connectivity index is 1.64. The second kappa shape index (κ2) is 10.5. The molecule has 0 saturated carbocycles. The van der Waals surface area contributed by atoms with E-state index in [1.165, 1.54) is 6.07 Å². The minimum atomic E-state index is -2.91. The van der Waals surface area contributed by atoms with Crippen molar-refractivity contribution in [2.45, 2.75) is 26.5 Å². The number of nitrogens with zero attached hydrogens (tertiary/aromatic N) is 1. The highest BCUT2D eigenvalue weighted by atomic mass is 19.3. The predicted molar refractivity (Wildman–Crippen MR) is 110 cm³/mol. The molecule has 0 saturated heterocycles. The number of anilines is 1. The fourth-order valence-electron chi connectivity index (χ4n) is 2.87. The van der Waals surface area contributed by atoms with E-state index in [0.29, 0.717) is 38.1 Å². The van der Waals surface area contributed by atoms with Crippen molar-refractivity contribution in [3.8, 4) is 23.0 Å². The highest BCUT2D eigenvalue weighted by Crippen LogP contribution is 2.32. The average Bonchev–Trinajstić information content (AvgIpc) is 2.97. The maximum atomic E-state index is 12.5. The number of benzene rings is 2. The molecule has 2 aromatic rings. The highest BCUT2D eigenvalue weighted by Gasteiger charge is 2.13. The lowest BCUT2D eigenvalue weighted by molar-refractivity contribution is -0.0514. The molecule has 0 aliphatic carbocycles. The number of fused-ring (bicyclic) bond motifs is 1. The summed E-state index contributed by atoms with van der Waals surface area (Å²) in [5.74, 6) is 2.21. The third kappa shape index (κ3) is 5.88. The summed E-state index contributed by atoms with van der Waals surface area (Å²) in [5, 5.41) is 6.37. The second-order valence-electron chi connectivity index (χ2n) is 6.36. The average molecular weight is 421 g/mol. The van der Waals surface area contributed by atoms with Crippen molar-refractivity contribution in [2.24, 2.45) is 4.99 Å². The highest BCUT2D eigenvalue weighted by molar-refractivity contribution is 5.93. The van der Waals surface area contributed by atoms with E-state index < -0.39 is 6.61 Å². The zero-order valence-electron chi connectivity index (χ0n) is 16.9. The molecule has 1 aliphatic heterocycles. The number of aliphatic imine (C=N–C) groups is 1. The Morgan fingerprint density at radius 1 is 1.10 bits per heavy atom. The van der Waals surface area contributed by atoms with Gasteiger partial charge in [-0.2, -0.15) is 8.78 Å². The van der Waals surface area contributed by atoms with Gasteiger partial charge in [-0.05, 0) is 36.8 Å². The van der Waals surface area contributed by atoms with Crippen LogP contribution in [-0.2, 0) is 6.54 Å². The van der Waals surface area contributed by atoms with Crippen LogP contribution in [0.2, 0.25) is 0 Å². The summed E-state index contributed by atoms with van der Waals surface area (Å²) in [5.41, 5.74) is 1.62. The van der Waals surface area contributed by atoms with Crippen molar-refractivity contribution >= 4 is 11.6 Å². The number of rotatable bonds is 7. The Morgan fingerprint density at radius 2 is 1.90 bits per heavy atom. The van der Waals surface area contributed by atoms with Gasteiger partial charge in [0.2, 0.25) is 0 Å². The molecule has 1 aliphatic rings. The number of hydrogen-bond donors (Lipinski definition) is 2. The van der Waals surface area contributed by atoms with Crippen LogP contribution in [0.5, 0.6) is 23.0 Å². The first-order valence-electron chi connectivity index (χ1n) is 9.67. The van der Waals surface area contributed by atoms with E-state index in [-0.39, 0.29) is 11.5 Å². The minimum Gasteiger partial charge on any atom is -0.490 e. The number of guanidine groups is 1. The first kappa shape index (κ1) is 21.5. The zero-order valence-corrected chi connectivity index (χ0v) is 16.9. The third-order valence-corrected chi connectivity index (χ3v) is 4.22. The van der Waals surface area contributed by atoms with E-state index in [9.17, 15) is 8.78 Å². The fraction of sp³-hybridized carbons (Fsp3) is 0.381. The predicted octanol–water partition coefficient (Wildman–Crippen LogP) is 4.04. The van der Waals surface area contributed by atoms with Crippen LogP contribution in [0.1, 0.15) is 18.9 Å². The van der Waals surface area contributed by atoms with Gasteiger partial charge in [-0.25, -0.2) is 0 Å². The van der Waals surface area contributed by atoms with E-state index in [0.717, 1.165) is 23.4 Å². The molecule has 0 bridgehead atoms. The molecule has 0 spiro atoms. The van der Waals surface area contributed by atoms with Crippen molar-refractivity contribution in [2.75, 3.05) is 32.2 Å². The van der Waals surface area contributed by atoms with Gasteiger partial charge in [-0.15, -0.1) is 0 Å². The molecule has 162 valence electrons. The molecule has 0 aromatic heterocycles. The summed E-state index contributed by atoms with van der Waals surface area (Å²) >= 11 is 0. The van der Waals surface area contributed by atoms with Crippen molar-refractivity contribution in [1.82, 2.24) is 5.32 Å². The van der Waals surface area contributed by atoms with Crippen LogP contribution in [0.25, 0.3) is 0 Å². The van der Waals surface area contributed by atoms with Crippen LogP contribution < -0.4 is 29.6 Å². The van der Waals surface area contributed by atoms with Gasteiger partial charge in [0.1, 0.15) is 0 Å². The summed E-state index contributed by atoms with van der Waals surface area (Å²) < 4.78 is 46.3. The first-order valence-corrected chi connectivity index (χ1v) is 9.67. The van der Waals surface area contributed by atoms with Gasteiger partial charge < -0.3 is 29.6 Å². The second-order valence-corrected chi connectivity index (χ2v) is 6.36. The number of halogens is 2. The number of ether oxygens (including phenoxy) is 4. The van der Waals surface area contributed by atoms with Crippen molar-refractivity contribution in [1.29, 1.82) is 0 Å². The minimum absolute atomic E-state index is 0.00491. The lowest BCUT2D eigenvalue weighted by atomic mass is 10.2. The monoisotopic (exact) mass is 421 g/mol. The van der Waals surface area contributed by atoms with Crippen molar-refractivity contribution in [3.05, 3.63) is 42.0 Å². The van der Waals surface area contributed by atoms with Gasteiger partial charge in [-0.3, -0.25) is 4.99 Å². The SMILES string of the molecule is CCOc1cc(CNC(=NC)Nc2ccc3c(c2)OCCCO3)ccc1OC(F)F. The van der Waals surface area contributed by atoms with E-state index in [1.54, 1.807) is 26.1 Å². The van der Waals surface area contributed by atoms with Gasteiger partial charge in [0.25, 0.3) is 0 Å². The summed E-state index contributed by atoms with van der Waals surface area (Å²) in [6, 6.07) is 10.4. The van der Waals surface area contributed by atoms with E-state index in [4.69, 9.17) is 14.2 Å². The molecule has 9 heteroatoms. The number of nitrogens with one attached hydrogen (secondary N) is 2. The molecule has 7 nitrogen and oxygen atoms in total. The maximum absolute atomic E-state index is 12.5. The largest absolute Gasteiger partial charge is 0.490 e. The van der Waals surface area contributed by atoms with Crippen LogP contribution in [0.15, 0.2) is 41.4 Å². The molecule has 0 radical (unpaired) electrons. The van der Waals surface area contributed by atoms with Crippen molar-refractivity contribution in [3.63, 3.8) is 0 Å². The molecule has 1 heterocycles. The van der Waals surface area contributed by atoms with Gasteiger partial charge in [0.15, 0.2) is 29.0 Å². The maximum Gasteiger partial charge on any atom is 0.387 e. The Morgan fingerprint density at radius 3 is 2.63 bits per heavy atom. The van der Waals surface area contributed by atoms with Gasteiger partial charge in [-0.1, -0.05) is 6.07 Å². The fourth-order valence-corrected chi connectivity index (χ4v) is 2.87. The summed E-state index contributed by atoms with van der Waals surface area (Å²) in [7, 11) is 1.66. The molecule has 30 heavy (non-hydrogen) atoms. The van der Waals surface area contributed by atoms with Crippen LogP contribution in [0, 0.1) is 0 Å². The molecular formula is C21H25F2N3O4. The van der Waals surface area contributed by atoms with Crippen LogP contribution in [-0.4, -0.2) is 39.4 Å². The van der Waals surface area contributed by atoms with Crippen LogP contribution >= 0.6 is 0 Å². The lowest BCUT2D eigenvalue weighted by Gasteiger charge is -2.15.